The molecule has 1 rings (SSSR count). The molecule has 98 valence electrons. The lowest BCUT2D eigenvalue weighted by atomic mass is 10.3. The Bertz CT molecular complexity index is 284. The number of hydrogen-bond donors (Lipinski definition) is 2. The van der Waals surface area contributed by atoms with Crippen LogP contribution >= 0.6 is 0 Å². The van der Waals surface area contributed by atoms with Crippen LogP contribution in [0.3, 0.4) is 0 Å². The topological polar surface area (TPSA) is 88.1 Å². The van der Waals surface area contributed by atoms with Gasteiger partial charge in [-0.1, -0.05) is 0 Å². The van der Waals surface area contributed by atoms with E-state index in [4.69, 9.17) is 14.6 Å². The fourth-order valence-corrected chi connectivity index (χ4v) is 1.67. The van der Waals surface area contributed by atoms with E-state index >= 15 is 0 Å². The van der Waals surface area contributed by atoms with Crippen molar-refractivity contribution in [2.75, 3.05) is 33.9 Å². The molecule has 0 bridgehead atoms. The Morgan fingerprint density at radius 1 is 1.53 bits per heavy atom. The number of aliphatic carboxylic acids is 1. The Hall–Kier alpha value is -1.34. The normalized spacial score (nSPS) is 21.3. The van der Waals surface area contributed by atoms with Crippen LogP contribution < -0.4 is 5.32 Å². The first-order chi connectivity index (χ1) is 8.08. The first kappa shape index (κ1) is 13.7. The number of rotatable bonds is 5. The van der Waals surface area contributed by atoms with Crippen LogP contribution in [0.25, 0.3) is 0 Å². The molecule has 17 heavy (non-hydrogen) atoms. The molecule has 2 unspecified atom stereocenters. The molecule has 0 spiro atoms. The number of likely N-dealkylation sites (tertiary alicyclic amines) is 1. The van der Waals surface area contributed by atoms with Gasteiger partial charge in [-0.2, -0.15) is 0 Å². The van der Waals surface area contributed by atoms with E-state index in [2.05, 4.69) is 5.32 Å². The van der Waals surface area contributed by atoms with Gasteiger partial charge >= 0.3 is 12.0 Å². The van der Waals surface area contributed by atoms with Crippen LogP contribution in [-0.4, -0.2) is 68.1 Å². The SMILES string of the molecule is COC1CCN(C(=O)NCC(OC)C(=O)O)C1. The van der Waals surface area contributed by atoms with Gasteiger partial charge in [0.05, 0.1) is 12.6 Å². The summed E-state index contributed by atoms with van der Waals surface area (Å²) >= 11 is 0. The lowest BCUT2D eigenvalue weighted by molar-refractivity contribution is -0.148. The van der Waals surface area contributed by atoms with E-state index < -0.39 is 12.1 Å². The van der Waals surface area contributed by atoms with Crippen molar-refractivity contribution in [1.29, 1.82) is 0 Å². The second-order valence-electron chi connectivity index (χ2n) is 3.84. The summed E-state index contributed by atoms with van der Waals surface area (Å²) in [4.78, 5) is 23.9. The van der Waals surface area contributed by atoms with E-state index in [0.29, 0.717) is 13.1 Å². The maximum atomic E-state index is 11.7. The smallest absolute Gasteiger partial charge is 0.334 e. The molecule has 7 nitrogen and oxygen atoms in total. The number of nitrogens with zero attached hydrogens (tertiary/aromatic N) is 1. The number of carboxylic acid groups (broad SMARTS) is 1. The molecule has 1 fully saturated rings. The molecule has 0 aromatic carbocycles. The number of ether oxygens (including phenoxy) is 2. The summed E-state index contributed by atoms with van der Waals surface area (Å²) in [5.41, 5.74) is 0. The highest BCUT2D eigenvalue weighted by Gasteiger charge is 2.26. The van der Waals surface area contributed by atoms with Crippen molar-refractivity contribution in [1.82, 2.24) is 10.2 Å². The number of nitrogens with one attached hydrogen (secondary N) is 1. The fraction of sp³-hybridized carbons (Fsp3) is 0.800. The monoisotopic (exact) mass is 246 g/mol. The van der Waals surface area contributed by atoms with Crippen molar-refractivity contribution in [2.45, 2.75) is 18.6 Å². The number of urea groups is 1. The van der Waals surface area contributed by atoms with Crippen molar-refractivity contribution >= 4 is 12.0 Å². The Morgan fingerprint density at radius 3 is 2.71 bits per heavy atom. The zero-order chi connectivity index (χ0) is 12.8. The zero-order valence-electron chi connectivity index (χ0n) is 10.0. The zero-order valence-corrected chi connectivity index (χ0v) is 10.0. The first-order valence-electron chi connectivity index (χ1n) is 5.39. The molecule has 1 aliphatic rings. The summed E-state index contributed by atoms with van der Waals surface area (Å²) in [6, 6.07) is -0.284. The Labute approximate surface area is 99.7 Å². The maximum Gasteiger partial charge on any atom is 0.334 e. The fourth-order valence-electron chi connectivity index (χ4n) is 1.67. The lowest BCUT2D eigenvalue weighted by Gasteiger charge is -2.18. The molecule has 2 N–H and O–H groups in total. The molecule has 0 aliphatic carbocycles. The van der Waals surface area contributed by atoms with Crippen molar-refractivity contribution < 1.29 is 24.2 Å². The second kappa shape index (κ2) is 6.41. The van der Waals surface area contributed by atoms with Crippen LogP contribution in [0.4, 0.5) is 4.79 Å². The van der Waals surface area contributed by atoms with Crippen molar-refractivity contribution in [3.8, 4) is 0 Å². The highest BCUT2D eigenvalue weighted by molar-refractivity contribution is 5.77. The van der Waals surface area contributed by atoms with Gasteiger partial charge in [0.15, 0.2) is 6.10 Å². The highest BCUT2D eigenvalue weighted by atomic mass is 16.5. The molecular formula is C10H18N2O5. The van der Waals surface area contributed by atoms with E-state index in [-0.39, 0.29) is 18.7 Å². The van der Waals surface area contributed by atoms with E-state index in [1.807, 2.05) is 0 Å². The van der Waals surface area contributed by atoms with Gasteiger partial charge in [-0.25, -0.2) is 9.59 Å². The summed E-state index contributed by atoms with van der Waals surface area (Å²) in [5, 5.41) is 11.2. The van der Waals surface area contributed by atoms with E-state index in [9.17, 15) is 9.59 Å². The number of amides is 2. The van der Waals surface area contributed by atoms with Crippen LogP contribution in [0.15, 0.2) is 0 Å². The molecule has 0 radical (unpaired) electrons. The third-order valence-electron chi connectivity index (χ3n) is 2.76. The van der Waals surface area contributed by atoms with Gasteiger partial charge in [0, 0.05) is 27.3 Å². The third-order valence-corrected chi connectivity index (χ3v) is 2.76. The second-order valence-corrected chi connectivity index (χ2v) is 3.84. The molecule has 1 saturated heterocycles. The molecule has 0 aromatic heterocycles. The predicted octanol–water partition coefficient (Wildman–Crippen LogP) is -0.484. The Balaban J connectivity index is 2.32. The summed E-state index contributed by atoms with van der Waals surface area (Å²) in [6.07, 6.45) is -0.144. The quantitative estimate of drug-likeness (QED) is 0.684. The first-order valence-corrected chi connectivity index (χ1v) is 5.39. The maximum absolute atomic E-state index is 11.7. The van der Waals surface area contributed by atoms with E-state index in [0.717, 1.165) is 6.42 Å². The summed E-state index contributed by atoms with van der Waals surface area (Å²) in [7, 11) is 2.90. The van der Waals surface area contributed by atoms with Crippen LogP contribution in [0.5, 0.6) is 0 Å². The third kappa shape index (κ3) is 3.86. The molecule has 1 heterocycles. The van der Waals surface area contributed by atoms with Gasteiger partial charge in [0.2, 0.25) is 0 Å². The van der Waals surface area contributed by atoms with Crippen LogP contribution in [-0.2, 0) is 14.3 Å². The molecule has 1 aliphatic heterocycles. The summed E-state index contributed by atoms with van der Waals surface area (Å²) < 4.78 is 9.85. The molecule has 7 heteroatoms. The molecular weight excluding hydrogens is 228 g/mol. The average Bonchev–Trinajstić information content (AvgIpc) is 2.77. The Morgan fingerprint density at radius 2 is 2.24 bits per heavy atom. The lowest BCUT2D eigenvalue weighted by Crippen LogP contribution is -2.44. The van der Waals surface area contributed by atoms with Gasteiger partial charge in [0.25, 0.3) is 0 Å². The van der Waals surface area contributed by atoms with Gasteiger partial charge in [-0.15, -0.1) is 0 Å². The van der Waals surface area contributed by atoms with Crippen LogP contribution in [0.2, 0.25) is 0 Å². The molecule has 0 aromatic rings. The minimum absolute atomic E-state index is 0.0428. The predicted molar refractivity (Wildman–Crippen MR) is 58.8 cm³/mol. The average molecular weight is 246 g/mol. The van der Waals surface area contributed by atoms with E-state index in [1.165, 1.54) is 7.11 Å². The van der Waals surface area contributed by atoms with Crippen LogP contribution in [0.1, 0.15) is 6.42 Å². The Kier molecular flexibility index (Phi) is 5.17. The largest absolute Gasteiger partial charge is 0.479 e. The van der Waals surface area contributed by atoms with Gasteiger partial charge in [0.1, 0.15) is 0 Å². The van der Waals surface area contributed by atoms with Crippen LogP contribution in [0, 0.1) is 0 Å². The summed E-state index contributed by atoms with van der Waals surface area (Å²) in [5.74, 6) is -1.09. The van der Waals surface area contributed by atoms with E-state index in [1.54, 1.807) is 12.0 Å². The number of methoxy groups -OCH3 is 2. The van der Waals surface area contributed by atoms with Crippen molar-refractivity contribution in [3.63, 3.8) is 0 Å². The van der Waals surface area contributed by atoms with Gasteiger partial charge in [-0.3, -0.25) is 0 Å². The van der Waals surface area contributed by atoms with Crippen molar-refractivity contribution in [3.05, 3.63) is 0 Å². The minimum Gasteiger partial charge on any atom is -0.479 e. The number of hydrogen-bond acceptors (Lipinski definition) is 4. The number of carbonyl (C=O) groups excluding carboxylic acids is 1. The molecule has 0 saturated carbocycles. The number of carboxylic acids is 1. The van der Waals surface area contributed by atoms with Gasteiger partial charge < -0.3 is 24.8 Å². The molecule has 2 atom stereocenters. The molecule has 2 amide bonds. The highest BCUT2D eigenvalue weighted by Crippen LogP contribution is 2.11. The van der Waals surface area contributed by atoms with Gasteiger partial charge in [-0.05, 0) is 6.42 Å². The minimum atomic E-state index is -1.09. The standard InChI is InChI=1S/C10H18N2O5/c1-16-7-3-4-12(6-7)10(15)11-5-8(17-2)9(13)14/h7-8H,3-6H2,1-2H3,(H,11,15)(H,13,14). The number of carbonyl (C=O) groups is 2. The van der Waals surface area contributed by atoms with Crippen molar-refractivity contribution in [2.24, 2.45) is 0 Å². The summed E-state index contributed by atoms with van der Waals surface area (Å²) in [6.45, 7) is 1.11.